The zero-order chi connectivity index (χ0) is 12.3. The van der Waals surface area contributed by atoms with Gasteiger partial charge in [0.05, 0.1) is 11.4 Å². The Hall–Kier alpha value is -1.91. The molecule has 0 heterocycles. The molecule has 1 aromatic carbocycles. The van der Waals surface area contributed by atoms with E-state index in [1.807, 2.05) is 6.07 Å². The Morgan fingerprint density at radius 1 is 1.29 bits per heavy atom. The van der Waals surface area contributed by atoms with Crippen molar-refractivity contribution in [1.29, 1.82) is 0 Å². The van der Waals surface area contributed by atoms with Gasteiger partial charge in [-0.25, -0.2) is 0 Å². The summed E-state index contributed by atoms with van der Waals surface area (Å²) in [4.78, 5) is 11.4. The number of carbonyl (C=O) groups excluding carboxylic acids is 1. The molecule has 0 spiro atoms. The van der Waals surface area contributed by atoms with Gasteiger partial charge in [0.25, 0.3) is 0 Å². The van der Waals surface area contributed by atoms with Crippen molar-refractivity contribution in [3.8, 4) is 0 Å². The van der Waals surface area contributed by atoms with Crippen LogP contribution in [-0.4, -0.2) is 18.5 Å². The number of amides is 1. The second kappa shape index (κ2) is 4.95. The molecule has 0 saturated heterocycles. The Bertz CT molecular complexity index is 415. The number of carbonyl (C=O) groups is 1. The van der Waals surface area contributed by atoms with E-state index in [0.29, 0.717) is 30.4 Å². The maximum absolute atomic E-state index is 11.4. The highest BCUT2D eigenvalue weighted by atomic mass is 16.1. The maximum Gasteiger partial charge on any atom is 0.221 e. The smallest absolute Gasteiger partial charge is 0.221 e. The van der Waals surface area contributed by atoms with E-state index in [1.54, 1.807) is 12.1 Å². The normalized spacial score (nSPS) is 14.4. The quantitative estimate of drug-likeness (QED) is 0.570. The first-order valence-electron chi connectivity index (χ1n) is 5.83. The third-order valence-electron chi connectivity index (χ3n) is 2.71. The lowest BCUT2D eigenvalue weighted by Crippen LogP contribution is -2.27. The highest BCUT2D eigenvalue weighted by molar-refractivity contribution is 5.77. The number of nitrogens with one attached hydrogen (secondary N) is 2. The standard InChI is InChI=1S/C12H18N4O/c13-10-4-3-9(7-11(10)14)15-6-5-12(17)16-8-1-2-8/h3-4,7-8,15H,1-2,5-6,13-14H2,(H,16,17). The monoisotopic (exact) mass is 234 g/mol. The second-order valence-electron chi connectivity index (χ2n) is 4.36. The van der Waals surface area contributed by atoms with Crippen LogP contribution in [0.5, 0.6) is 0 Å². The van der Waals surface area contributed by atoms with E-state index in [0.717, 1.165) is 18.5 Å². The molecule has 0 aromatic heterocycles. The predicted molar refractivity (Wildman–Crippen MR) is 69.5 cm³/mol. The van der Waals surface area contributed by atoms with Crippen molar-refractivity contribution in [2.75, 3.05) is 23.3 Å². The molecule has 5 nitrogen and oxygen atoms in total. The number of hydrogen-bond donors (Lipinski definition) is 4. The van der Waals surface area contributed by atoms with Gasteiger partial charge in [0, 0.05) is 24.7 Å². The molecular formula is C12H18N4O. The molecule has 1 aromatic rings. The summed E-state index contributed by atoms with van der Waals surface area (Å²) in [6, 6.07) is 5.80. The summed E-state index contributed by atoms with van der Waals surface area (Å²) < 4.78 is 0. The Labute approximate surface area is 101 Å². The molecule has 6 N–H and O–H groups in total. The summed E-state index contributed by atoms with van der Waals surface area (Å²) in [6.07, 6.45) is 2.71. The fourth-order valence-electron chi connectivity index (χ4n) is 1.53. The molecule has 0 unspecified atom stereocenters. The van der Waals surface area contributed by atoms with Crippen LogP contribution in [0.25, 0.3) is 0 Å². The van der Waals surface area contributed by atoms with Gasteiger partial charge in [0.15, 0.2) is 0 Å². The third kappa shape index (κ3) is 3.55. The van der Waals surface area contributed by atoms with Gasteiger partial charge in [-0.2, -0.15) is 0 Å². The number of rotatable bonds is 5. The fourth-order valence-corrected chi connectivity index (χ4v) is 1.53. The van der Waals surface area contributed by atoms with Crippen LogP contribution in [0.3, 0.4) is 0 Å². The predicted octanol–water partition coefficient (Wildman–Crippen LogP) is 0.932. The molecule has 17 heavy (non-hydrogen) atoms. The van der Waals surface area contributed by atoms with Crippen molar-refractivity contribution in [3.05, 3.63) is 18.2 Å². The van der Waals surface area contributed by atoms with Crippen LogP contribution in [0.4, 0.5) is 17.1 Å². The highest BCUT2D eigenvalue weighted by Gasteiger charge is 2.22. The third-order valence-corrected chi connectivity index (χ3v) is 2.71. The molecule has 0 atom stereocenters. The van der Waals surface area contributed by atoms with Gasteiger partial charge < -0.3 is 22.1 Å². The average Bonchev–Trinajstić information content (AvgIpc) is 3.07. The largest absolute Gasteiger partial charge is 0.397 e. The molecule has 1 aliphatic carbocycles. The van der Waals surface area contributed by atoms with Gasteiger partial charge in [0.2, 0.25) is 5.91 Å². The van der Waals surface area contributed by atoms with Crippen LogP contribution in [0.1, 0.15) is 19.3 Å². The number of hydrogen-bond acceptors (Lipinski definition) is 4. The summed E-state index contributed by atoms with van der Waals surface area (Å²) >= 11 is 0. The molecule has 92 valence electrons. The summed E-state index contributed by atoms with van der Waals surface area (Å²) in [5.41, 5.74) is 13.3. The number of nitrogen functional groups attached to an aromatic ring is 2. The summed E-state index contributed by atoms with van der Waals surface area (Å²) in [5, 5.41) is 6.08. The topological polar surface area (TPSA) is 93.2 Å². The molecule has 1 aliphatic rings. The van der Waals surface area contributed by atoms with Crippen LogP contribution >= 0.6 is 0 Å². The van der Waals surface area contributed by atoms with E-state index in [1.165, 1.54) is 0 Å². The first-order chi connectivity index (χ1) is 8.15. The first-order valence-corrected chi connectivity index (χ1v) is 5.83. The van der Waals surface area contributed by atoms with Crippen molar-refractivity contribution in [2.45, 2.75) is 25.3 Å². The molecule has 1 amide bonds. The molecular weight excluding hydrogens is 216 g/mol. The summed E-state index contributed by atoms with van der Waals surface area (Å²) in [7, 11) is 0. The molecule has 0 aliphatic heterocycles. The lowest BCUT2D eigenvalue weighted by molar-refractivity contribution is -0.120. The molecule has 2 rings (SSSR count). The number of benzene rings is 1. The van der Waals surface area contributed by atoms with Gasteiger partial charge >= 0.3 is 0 Å². The first kappa shape index (κ1) is 11.6. The zero-order valence-electron chi connectivity index (χ0n) is 9.70. The van der Waals surface area contributed by atoms with Gasteiger partial charge in [-0.15, -0.1) is 0 Å². The van der Waals surface area contributed by atoms with Crippen molar-refractivity contribution >= 4 is 23.0 Å². The van der Waals surface area contributed by atoms with E-state index in [-0.39, 0.29) is 5.91 Å². The van der Waals surface area contributed by atoms with E-state index in [9.17, 15) is 4.79 Å². The van der Waals surface area contributed by atoms with Gasteiger partial charge in [-0.3, -0.25) is 4.79 Å². The van der Waals surface area contributed by atoms with Crippen molar-refractivity contribution in [2.24, 2.45) is 0 Å². The lowest BCUT2D eigenvalue weighted by Gasteiger charge is -2.08. The SMILES string of the molecule is Nc1ccc(NCCC(=O)NC2CC2)cc1N. The molecule has 5 heteroatoms. The average molecular weight is 234 g/mol. The van der Waals surface area contributed by atoms with E-state index in [2.05, 4.69) is 10.6 Å². The van der Waals surface area contributed by atoms with Crippen molar-refractivity contribution in [1.82, 2.24) is 5.32 Å². The Balaban J connectivity index is 1.73. The summed E-state index contributed by atoms with van der Waals surface area (Å²) in [6.45, 7) is 0.599. The van der Waals surface area contributed by atoms with E-state index >= 15 is 0 Å². The highest BCUT2D eigenvalue weighted by Crippen LogP contribution is 2.20. The molecule has 0 bridgehead atoms. The van der Waals surface area contributed by atoms with Crippen molar-refractivity contribution in [3.63, 3.8) is 0 Å². The summed E-state index contributed by atoms with van der Waals surface area (Å²) in [5.74, 6) is 0.100. The Morgan fingerprint density at radius 3 is 2.71 bits per heavy atom. The van der Waals surface area contributed by atoms with E-state index < -0.39 is 0 Å². The molecule has 1 saturated carbocycles. The second-order valence-corrected chi connectivity index (χ2v) is 4.36. The molecule has 1 fully saturated rings. The number of nitrogens with two attached hydrogens (primary N) is 2. The molecule has 0 radical (unpaired) electrons. The van der Waals surface area contributed by atoms with Crippen molar-refractivity contribution < 1.29 is 4.79 Å². The number of anilines is 3. The fraction of sp³-hybridized carbons (Fsp3) is 0.417. The van der Waals surface area contributed by atoms with Gasteiger partial charge in [-0.05, 0) is 31.0 Å². The maximum atomic E-state index is 11.4. The Kier molecular flexibility index (Phi) is 3.37. The zero-order valence-corrected chi connectivity index (χ0v) is 9.70. The Morgan fingerprint density at radius 2 is 2.06 bits per heavy atom. The van der Waals surface area contributed by atoms with Crippen LogP contribution in [0.2, 0.25) is 0 Å². The van der Waals surface area contributed by atoms with E-state index in [4.69, 9.17) is 11.5 Å². The van der Waals surface area contributed by atoms with Gasteiger partial charge in [0.1, 0.15) is 0 Å². The van der Waals surface area contributed by atoms with Crippen LogP contribution in [0.15, 0.2) is 18.2 Å². The van der Waals surface area contributed by atoms with Crippen LogP contribution in [-0.2, 0) is 4.79 Å². The lowest BCUT2D eigenvalue weighted by atomic mass is 10.2. The minimum absolute atomic E-state index is 0.100. The van der Waals surface area contributed by atoms with Crippen LogP contribution in [0, 0.1) is 0 Å². The van der Waals surface area contributed by atoms with Gasteiger partial charge in [-0.1, -0.05) is 0 Å². The minimum Gasteiger partial charge on any atom is -0.397 e. The minimum atomic E-state index is 0.100. The van der Waals surface area contributed by atoms with Crippen LogP contribution < -0.4 is 22.1 Å².